The van der Waals surface area contributed by atoms with Crippen LogP contribution in [-0.2, 0) is 0 Å². The molecule has 0 heterocycles. The lowest BCUT2D eigenvalue weighted by Crippen LogP contribution is -2.52. The fourth-order valence-electron chi connectivity index (χ4n) is 1.69. The van der Waals surface area contributed by atoms with Crippen LogP contribution in [0.2, 0.25) is 0 Å². The third kappa shape index (κ3) is 4.78. The third-order valence-corrected chi connectivity index (χ3v) is 3.30. The van der Waals surface area contributed by atoms with Crippen LogP contribution in [0.25, 0.3) is 0 Å². The van der Waals surface area contributed by atoms with Gasteiger partial charge in [0.2, 0.25) is 0 Å². The van der Waals surface area contributed by atoms with Gasteiger partial charge in [0, 0.05) is 11.5 Å². The van der Waals surface area contributed by atoms with Crippen LogP contribution in [0.5, 0.6) is 0 Å². The van der Waals surface area contributed by atoms with E-state index in [1.54, 1.807) is 6.92 Å². The molecule has 4 nitrogen and oxygen atoms in total. The van der Waals surface area contributed by atoms with Crippen molar-refractivity contribution >= 4 is 0 Å². The standard InChI is InChI=1S/C12H27NO3/c1-3-4-5-6-7-10(16)11(13)12(2,8-14)9-15/h10-11,14-16H,3-9,13H2,1-2H3. The van der Waals surface area contributed by atoms with Crippen LogP contribution in [0.1, 0.15) is 46.0 Å². The number of aliphatic hydroxyl groups is 3. The maximum Gasteiger partial charge on any atom is 0.0698 e. The Kier molecular flexibility index (Phi) is 7.93. The fourth-order valence-corrected chi connectivity index (χ4v) is 1.69. The highest BCUT2D eigenvalue weighted by Gasteiger charge is 2.34. The van der Waals surface area contributed by atoms with Crippen LogP contribution >= 0.6 is 0 Å². The van der Waals surface area contributed by atoms with Gasteiger partial charge in [-0.3, -0.25) is 0 Å². The van der Waals surface area contributed by atoms with Gasteiger partial charge in [0.05, 0.1) is 19.3 Å². The van der Waals surface area contributed by atoms with E-state index in [9.17, 15) is 5.11 Å². The van der Waals surface area contributed by atoms with E-state index in [1.807, 2.05) is 0 Å². The van der Waals surface area contributed by atoms with Gasteiger partial charge in [0.1, 0.15) is 0 Å². The molecule has 0 rings (SSSR count). The van der Waals surface area contributed by atoms with Crippen molar-refractivity contribution in [3.05, 3.63) is 0 Å². The number of hydrogen-bond donors (Lipinski definition) is 4. The zero-order valence-electron chi connectivity index (χ0n) is 10.5. The Balaban J connectivity index is 4.01. The lowest BCUT2D eigenvalue weighted by molar-refractivity contribution is -0.00479. The van der Waals surface area contributed by atoms with E-state index in [-0.39, 0.29) is 13.2 Å². The Labute approximate surface area is 98.5 Å². The molecule has 0 aliphatic carbocycles. The van der Waals surface area contributed by atoms with Gasteiger partial charge in [-0.2, -0.15) is 0 Å². The minimum atomic E-state index is -0.801. The van der Waals surface area contributed by atoms with Crippen LogP contribution in [0.3, 0.4) is 0 Å². The molecule has 2 unspecified atom stereocenters. The van der Waals surface area contributed by atoms with Gasteiger partial charge in [-0.15, -0.1) is 0 Å². The molecule has 0 aromatic carbocycles. The summed E-state index contributed by atoms with van der Waals surface area (Å²) in [5.41, 5.74) is 5.06. The first-order valence-electron chi connectivity index (χ1n) is 6.17. The SMILES string of the molecule is CCCCCCC(O)C(N)C(C)(CO)CO. The first-order chi connectivity index (χ1) is 7.51. The molecule has 0 aliphatic rings. The topological polar surface area (TPSA) is 86.7 Å². The number of rotatable bonds is 9. The van der Waals surface area contributed by atoms with E-state index in [4.69, 9.17) is 15.9 Å². The van der Waals surface area contributed by atoms with Crippen molar-refractivity contribution in [2.24, 2.45) is 11.1 Å². The minimum absolute atomic E-state index is 0.212. The van der Waals surface area contributed by atoms with Crippen molar-refractivity contribution in [3.63, 3.8) is 0 Å². The third-order valence-electron chi connectivity index (χ3n) is 3.30. The average molecular weight is 233 g/mol. The van der Waals surface area contributed by atoms with Crippen LogP contribution < -0.4 is 5.73 Å². The largest absolute Gasteiger partial charge is 0.396 e. The Morgan fingerprint density at radius 2 is 1.69 bits per heavy atom. The highest BCUT2D eigenvalue weighted by molar-refractivity contribution is 4.89. The Hall–Kier alpha value is -0.160. The second-order valence-corrected chi connectivity index (χ2v) is 4.91. The minimum Gasteiger partial charge on any atom is -0.396 e. The molecule has 0 saturated carbocycles. The molecule has 0 aromatic heterocycles. The Morgan fingerprint density at radius 1 is 1.12 bits per heavy atom. The molecule has 0 bridgehead atoms. The Morgan fingerprint density at radius 3 is 2.12 bits per heavy atom. The zero-order valence-corrected chi connectivity index (χ0v) is 10.5. The molecular weight excluding hydrogens is 206 g/mol. The summed E-state index contributed by atoms with van der Waals surface area (Å²) in [6, 6.07) is -0.580. The number of aliphatic hydroxyl groups excluding tert-OH is 3. The fraction of sp³-hybridized carbons (Fsp3) is 1.00. The average Bonchev–Trinajstić information content (AvgIpc) is 2.32. The smallest absolute Gasteiger partial charge is 0.0698 e. The van der Waals surface area contributed by atoms with Crippen LogP contribution in [0.15, 0.2) is 0 Å². The summed E-state index contributed by atoms with van der Waals surface area (Å²) < 4.78 is 0. The predicted octanol–water partition coefficient (Wildman–Crippen LogP) is 0.636. The van der Waals surface area contributed by atoms with E-state index >= 15 is 0 Å². The summed E-state index contributed by atoms with van der Waals surface area (Å²) in [6.07, 6.45) is 4.34. The molecule has 4 heteroatoms. The summed E-state index contributed by atoms with van der Waals surface area (Å²) in [5, 5.41) is 28.2. The molecule has 5 N–H and O–H groups in total. The van der Waals surface area contributed by atoms with Crippen molar-refractivity contribution in [2.45, 2.75) is 58.1 Å². The first-order valence-corrected chi connectivity index (χ1v) is 6.17. The summed E-state index contributed by atoms with van der Waals surface area (Å²) in [6.45, 7) is 3.40. The molecule has 2 atom stereocenters. The van der Waals surface area contributed by atoms with Gasteiger partial charge < -0.3 is 21.1 Å². The molecule has 0 spiro atoms. The van der Waals surface area contributed by atoms with E-state index < -0.39 is 17.6 Å². The molecule has 98 valence electrons. The van der Waals surface area contributed by atoms with Crippen molar-refractivity contribution in [1.29, 1.82) is 0 Å². The maximum atomic E-state index is 9.87. The van der Waals surface area contributed by atoms with Gasteiger partial charge >= 0.3 is 0 Å². The second-order valence-electron chi connectivity index (χ2n) is 4.91. The molecular formula is C12H27NO3. The van der Waals surface area contributed by atoms with E-state index in [0.717, 1.165) is 19.3 Å². The van der Waals surface area contributed by atoms with E-state index in [0.29, 0.717) is 6.42 Å². The van der Waals surface area contributed by atoms with Gasteiger partial charge in [0.15, 0.2) is 0 Å². The molecule has 0 saturated heterocycles. The van der Waals surface area contributed by atoms with Crippen molar-refractivity contribution in [1.82, 2.24) is 0 Å². The lowest BCUT2D eigenvalue weighted by atomic mass is 9.80. The monoisotopic (exact) mass is 233 g/mol. The summed E-state index contributed by atoms with van der Waals surface area (Å²) in [7, 11) is 0. The van der Waals surface area contributed by atoms with Gasteiger partial charge in [-0.25, -0.2) is 0 Å². The highest BCUT2D eigenvalue weighted by Crippen LogP contribution is 2.23. The zero-order chi connectivity index (χ0) is 12.6. The first kappa shape index (κ1) is 15.8. The van der Waals surface area contributed by atoms with E-state index in [2.05, 4.69) is 6.92 Å². The molecule has 0 fully saturated rings. The summed E-state index contributed by atoms with van der Waals surface area (Å²) >= 11 is 0. The van der Waals surface area contributed by atoms with Gasteiger partial charge in [-0.1, -0.05) is 39.5 Å². The summed E-state index contributed by atoms with van der Waals surface area (Å²) in [4.78, 5) is 0. The number of hydrogen-bond acceptors (Lipinski definition) is 4. The van der Waals surface area contributed by atoms with Crippen molar-refractivity contribution in [3.8, 4) is 0 Å². The van der Waals surface area contributed by atoms with Gasteiger partial charge in [-0.05, 0) is 6.42 Å². The number of nitrogens with two attached hydrogens (primary N) is 1. The number of unbranched alkanes of at least 4 members (excludes halogenated alkanes) is 3. The predicted molar refractivity (Wildman–Crippen MR) is 65.0 cm³/mol. The van der Waals surface area contributed by atoms with Crippen molar-refractivity contribution in [2.75, 3.05) is 13.2 Å². The normalized spacial score (nSPS) is 16.1. The molecule has 0 aliphatic heterocycles. The molecule has 0 aromatic rings. The quantitative estimate of drug-likeness (QED) is 0.440. The molecule has 0 radical (unpaired) electrons. The second kappa shape index (κ2) is 8.01. The molecule has 16 heavy (non-hydrogen) atoms. The lowest BCUT2D eigenvalue weighted by Gasteiger charge is -2.34. The maximum absolute atomic E-state index is 9.87. The van der Waals surface area contributed by atoms with Crippen molar-refractivity contribution < 1.29 is 15.3 Å². The van der Waals surface area contributed by atoms with Crippen LogP contribution in [0, 0.1) is 5.41 Å². The summed E-state index contributed by atoms with van der Waals surface area (Å²) in [5.74, 6) is 0. The van der Waals surface area contributed by atoms with Crippen LogP contribution in [0.4, 0.5) is 0 Å². The highest BCUT2D eigenvalue weighted by atomic mass is 16.3. The van der Waals surface area contributed by atoms with Crippen LogP contribution in [-0.4, -0.2) is 40.7 Å². The van der Waals surface area contributed by atoms with E-state index in [1.165, 1.54) is 6.42 Å². The Bertz CT molecular complexity index is 172. The van der Waals surface area contributed by atoms with Gasteiger partial charge in [0.25, 0.3) is 0 Å². The molecule has 0 amide bonds.